The molecule has 4 amide bonds. The van der Waals surface area contributed by atoms with E-state index in [-0.39, 0.29) is 18.0 Å². The molecule has 184 valence electrons. The van der Waals surface area contributed by atoms with Crippen molar-refractivity contribution in [3.63, 3.8) is 0 Å². The number of benzene rings is 3. The summed E-state index contributed by atoms with van der Waals surface area (Å²) >= 11 is 3.44. The standard InChI is InChI=1S/C27H22BrFN2O5/c1-3-16-7-9-20(10-8-16)31-26(33)21(25(32)30-27(31)34)12-18-13-23(35-2)24(14-22(18)28)36-15-17-5-4-6-19(29)11-17/h4-14H,3,15H2,1-2H3,(H,30,32,34)/b21-12-. The first-order valence-electron chi connectivity index (χ1n) is 11.1. The molecule has 36 heavy (non-hydrogen) atoms. The minimum Gasteiger partial charge on any atom is -0.493 e. The quantitative estimate of drug-likeness (QED) is 0.313. The van der Waals surface area contributed by atoms with Gasteiger partial charge in [-0.15, -0.1) is 0 Å². The summed E-state index contributed by atoms with van der Waals surface area (Å²) in [7, 11) is 1.45. The fourth-order valence-corrected chi connectivity index (χ4v) is 4.09. The monoisotopic (exact) mass is 552 g/mol. The summed E-state index contributed by atoms with van der Waals surface area (Å²) < 4.78 is 25.2. The summed E-state index contributed by atoms with van der Waals surface area (Å²) in [6.45, 7) is 2.10. The zero-order valence-corrected chi connectivity index (χ0v) is 21.1. The zero-order valence-electron chi connectivity index (χ0n) is 19.5. The van der Waals surface area contributed by atoms with Crippen LogP contribution in [0.2, 0.25) is 0 Å². The van der Waals surface area contributed by atoms with Crippen LogP contribution in [0.15, 0.2) is 70.7 Å². The Morgan fingerprint density at radius 3 is 2.42 bits per heavy atom. The van der Waals surface area contributed by atoms with Gasteiger partial charge in [0.2, 0.25) is 0 Å². The molecule has 1 heterocycles. The lowest BCUT2D eigenvalue weighted by Crippen LogP contribution is -2.54. The van der Waals surface area contributed by atoms with Crippen LogP contribution in [0.5, 0.6) is 11.5 Å². The number of amides is 4. The van der Waals surface area contributed by atoms with Crippen molar-refractivity contribution in [1.82, 2.24) is 5.32 Å². The van der Waals surface area contributed by atoms with E-state index in [1.54, 1.807) is 36.4 Å². The van der Waals surface area contributed by atoms with Gasteiger partial charge in [0.15, 0.2) is 11.5 Å². The second-order valence-electron chi connectivity index (χ2n) is 7.92. The van der Waals surface area contributed by atoms with Crippen LogP contribution >= 0.6 is 15.9 Å². The molecule has 3 aromatic carbocycles. The van der Waals surface area contributed by atoms with Gasteiger partial charge in [-0.2, -0.15) is 0 Å². The minimum atomic E-state index is -0.816. The van der Waals surface area contributed by atoms with Crippen LogP contribution in [0.3, 0.4) is 0 Å². The third kappa shape index (κ3) is 5.31. The molecule has 0 unspecified atom stereocenters. The molecule has 0 spiro atoms. The van der Waals surface area contributed by atoms with Crippen LogP contribution < -0.4 is 19.7 Å². The van der Waals surface area contributed by atoms with Gasteiger partial charge in [0, 0.05) is 4.47 Å². The number of ether oxygens (including phenoxy) is 2. The molecule has 4 rings (SSSR count). The number of nitrogens with one attached hydrogen (secondary N) is 1. The molecule has 1 N–H and O–H groups in total. The van der Waals surface area contributed by atoms with Crippen molar-refractivity contribution in [2.75, 3.05) is 12.0 Å². The van der Waals surface area contributed by atoms with Gasteiger partial charge in [-0.25, -0.2) is 14.1 Å². The maximum atomic E-state index is 13.5. The number of imide groups is 2. The van der Waals surface area contributed by atoms with E-state index in [1.165, 1.54) is 25.3 Å². The molecule has 0 bridgehead atoms. The number of aryl methyl sites for hydroxylation is 1. The number of carbonyl (C=O) groups excluding carboxylic acids is 3. The number of rotatable bonds is 7. The summed E-state index contributed by atoms with van der Waals surface area (Å²) in [5, 5.41) is 2.22. The molecule has 1 saturated heterocycles. The average Bonchev–Trinajstić information content (AvgIpc) is 2.86. The van der Waals surface area contributed by atoms with Crippen molar-refractivity contribution in [1.29, 1.82) is 0 Å². The van der Waals surface area contributed by atoms with Gasteiger partial charge in [0.25, 0.3) is 11.8 Å². The molecule has 1 aliphatic rings. The summed E-state index contributed by atoms with van der Waals surface area (Å²) in [4.78, 5) is 39.2. The van der Waals surface area contributed by atoms with Crippen molar-refractivity contribution in [2.45, 2.75) is 20.0 Å². The number of hydrogen-bond acceptors (Lipinski definition) is 5. The Morgan fingerprint density at radius 2 is 1.75 bits per heavy atom. The largest absolute Gasteiger partial charge is 0.493 e. The average molecular weight is 553 g/mol. The van der Waals surface area contributed by atoms with Gasteiger partial charge in [0.1, 0.15) is 18.0 Å². The molecular weight excluding hydrogens is 531 g/mol. The molecule has 1 fully saturated rings. The van der Waals surface area contributed by atoms with E-state index in [1.807, 2.05) is 19.1 Å². The van der Waals surface area contributed by atoms with Gasteiger partial charge in [0.05, 0.1) is 12.8 Å². The van der Waals surface area contributed by atoms with Crippen LogP contribution in [0.25, 0.3) is 6.08 Å². The SMILES string of the molecule is CCc1ccc(N2C(=O)NC(=O)/C(=C/c3cc(OC)c(OCc4cccc(F)c4)cc3Br)C2=O)cc1. The highest BCUT2D eigenvalue weighted by Crippen LogP contribution is 2.35. The van der Waals surface area contributed by atoms with E-state index in [2.05, 4.69) is 21.2 Å². The highest BCUT2D eigenvalue weighted by molar-refractivity contribution is 9.10. The second-order valence-corrected chi connectivity index (χ2v) is 8.78. The Labute approximate surface area is 215 Å². The lowest BCUT2D eigenvalue weighted by molar-refractivity contribution is -0.122. The van der Waals surface area contributed by atoms with Crippen molar-refractivity contribution in [3.05, 3.63) is 93.2 Å². The lowest BCUT2D eigenvalue weighted by atomic mass is 10.1. The highest BCUT2D eigenvalue weighted by atomic mass is 79.9. The van der Waals surface area contributed by atoms with Crippen LogP contribution in [0.1, 0.15) is 23.6 Å². The summed E-state index contributed by atoms with van der Waals surface area (Å²) in [5.41, 5.74) is 2.28. The van der Waals surface area contributed by atoms with Gasteiger partial charge in [-0.05, 0) is 65.6 Å². The van der Waals surface area contributed by atoms with Crippen molar-refractivity contribution >= 4 is 45.5 Å². The fraction of sp³-hybridized carbons (Fsp3) is 0.148. The zero-order chi connectivity index (χ0) is 25.8. The summed E-state index contributed by atoms with van der Waals surface area (Å²) in [5.74, 6) is -1.19. The number of carbonyl (C=O) groups is 3. The Morgan fingerprint density at radius 1 is 1.00 bits per heavy atom. The molecule has 3 aromatic rings. The van der Waals surface area contributed by atoms with E-state index >= 15 is 0 Å². The van der Waals surface area contributed by atoms with Crippen molar-refractivity contribution in [2.24, 2.45) is 0 Å². The van der Waals surface area contributed by atoms with Gasteiger partial charge >= 0.3 is 6.03 Å². The smallest absolute Gasteiger partial charge is 0.335 e. The van der Waals surface area contributed by atoms with E-state index in [9.17, 15) is 18.8 Å². The fourth-order valence-electron chi connectivity index (χ4n) is 3.65. The topological polar surface area (TPSA) is 84.9 Å². The number of nitrogens with zero attached hydrogens (tertiary/aromatic N) is 1. The van der Waals surface area contributed by atoms with E-state index in [4.69, 9.17) is 9.47 Å². The number of anilines is 1. The molecule has 0 radical (unpaired) electrons. The maximum Gasteiger partial charge on any atom is 0.335 e. The van der Waals surface area contributed by atoms with Crippen molar-refractivity contribution in [3.8, 4) is 11.5 Å². The van der Waals surface area contributed by atoms with Crippen LogP contribution in [-0.2, 0) is 22.6 Å². The number of hydrogen-bond donors (Lipinski definition) is 1. The molecule has 0 aliphatic carbocycles. The maximum absolute atomic E-state index is 13.5. The normalized spacial score (nSPS) is 14.7. The van der Waals surface area contributed by atoms with Gasteiger partial charge in [-0.3, -0.25) is 14.9 Å². The van der Waals surface area contributed by atoms with E-state index in [0.717, 1.165) is 16.9 Å². The predicted molar refractivity (Wildman–Crippen MR) is 136 cm³/mol. The van der Waals surface area contributed by atoms with Gasteiger partial charge in [-0.1, -0.05) is 47.1 Å². The molecule has 0 saturated carbocycles. The molecule has 7 nitrogen and oxygen atoms in total. The first-order chi connectivity index (χ1) is 17.3. The first-order valence-corrected chi connectivity index (χ1v) is 11.8. The van der Waals surface area contributed by atoms with Crippen molar-refractivity contribution < 1.29 is 28.2 Å². The number of urea groups is 1. The Balaban J connectivity index is 1.63. The number of barbiturate groups is 1. The minimum absolute atomic E-state index is 0.107. The second kappa shape index (κ2) is 10.7. The molecule has 0 atom stereocenters. The van der Waals surface area contributed by atoms with Crippen LogP contribution in [-0.4, -0.2) is 25.0 Å². The lowest BCUT2D eigenvalue weighted by Gasteiger charge is -2.26. The summed E-state index contributed by atoms with van der Waals surface area (Å²) in [6.07, 6.45) is 2.18. The van der Waals surface area contributed by atoms with Gasteiger partial charge < -0.3 is 9.47 Å². The van der Waals surface area contributed by atoms with E-state index < -0.39 is 17.8 Å². The number of methoxy groups -OCH3 is 1. The molecule has 9 heteroatoms. The third-order valence-corrected chi connectivity index (χ3v) is 6.26. The van der Waals surface area contributed by atoms with Crippen LogP contribution in [0.4, 0.5) is 14.9 Å². The first kappa shape index (κ1) is 25.1. The Kier molecular flexibility index (Phi) is 7.49. The molecule has 1 aliphatic heterocycles. The van der Waals surface area contributed by atoms with E-state index in [0.29, 0.717) is 32.8 Å². The Bertz CT molecular complexity index is 1370. The third-order valence-electron chi connectivity index (χ3n) is 5.57. The predicted octanol–water partition coefficient (Wildman–Crippen LogP) is 5.40. The van der Waals surface area contributed by atoms with Crippen LogP contribution in [0, 0.1) is 5.82 Å². The highest BCUT2D eigenvalue weighted by Gasteiger charge is 2.37. The number of halogens is 2. The molecule has 0 aromatic heterocycles. The molecular formula is C27H22BrFN2O5. The summed E-state index contributed by atoms with van der Waals surface area (Å²) in [6, 6.07) is 15.4. The Hall–Kier alpha value is -3.98.